The second-order valence-electron chi connectivity index (χ2n) is 24.1. The summed E-state index contributed by atoms with van der Waals surface area (Å²) in [6, 6.07) is 0. The van der Waals surface area contributed by atoms with Gasteiger partial charge in [-0.05, 0) is 70.6 Å². The Morgan fingerprint density at radius 2 is 0.423 bits per heavy atom. The Morgan fingerprint density at radius 3 is 0.667 bits per heavy atom. The summed E-state index contributed by atoms with van der Waals surface area (Å²) >= 11 is 0. The number of unbranched alkanes of at least 4 members (excludes halogenated alkanes) is 51. The molecule has 0 radical (unpaired) electrons. The van der Waals surface area contributed by atoms with Crippen LogP contribution in [0, 0.1) is 0 Å². The fourth-order valence-corrected chi connectivity index (χ4v) is 10.8. The lowest BCUT2D eigenvalue weighted by molar-refractivity contribution is -0.167. The second kappa shape index (κ2) is 67.4. The van der Waals surface area contributed by atoms with Crippen LogP contribution in [0.25, 0.3) is 0 Å². The maximum Gasteiger partial charge on any atom is 0.306 e. The van der Waals surface area contributed by atoms with Crippen LogP contribution in [0.5, 0.6) is 0 Å². The molecule has 1 unspecified atom stereocenters. The van der Waals surface area contributed by atoms with Crippen molar-refractivity contribution >= 4 is 17.9 Å². The van der Waals surface area contributed by atoms with E-state index in [4.69, 9.17) is 14.2 Å². The Balaban J connectivity index is 4.15. The van der Waals surface area contributed by atoms with Crippen LogP contribution in [0.2, 0.25) is 0 Å². The van der Waals surface area contributed by atoms with Crippen LogP contribution in [0.15, 0.2) is 24.3 Å². The van der Waals surface area contributed by atoms with Crippen LogP contribution in [0.1, 0.15) is 400 Å². The molecule has 6 nitrogen and oxygen atoms in total. The normalized spacial score (nSPS) is 12.1. The van der Waals surface area contributed by atoms with Gasteiger partial charge < -0.3 is 14.2 Å². The van der Waals surface area contributed by atoms with Crippen molar-refractivity contribution in [3.8, 4) is 0 Å². The van der Waals surface area contributed by atoms with Gasteiger partial charge in [0.25, 0.3) is 0 Å². The highest BCUT2D eigenvalue weighted by molar-refractivity contribution is 5.71. The van der Waals surface area contributed by atoms with Gasteiger partial charge >= 0.3 is 17.9 Å². The van der Waals surface area contributed by atoms with Crippen LogP contribution in [0.3, 0.4) is 0 Å². The molecule has 0 aromatic carbocycles. The Hall–Kier alpha value is -2.11. The van der Waals surface area contributed by atoms with E-state index in [1.807, 2.05) is 0 Å². The Labute approximate surface area is 487 Å². The number of rotatable bonds is 66. The van der Waals surface area contributed by atoms with Gasteiger partial charge in [0.2, 0.25) is 0 Å². The Morgan fingerprint density at radius 1 is 0.244 bits per heavy atom. The monoisotopic (exact) mass is 1100 g/mol. The van der Waals surface area contributed by atoms with Gasteiger partial charge in [0.1, 0.15) is 13.2 Å². The van der Waals surface area contributed by atoms with Crippen LogP contribution >= 0.6 is 0 Å². The smallest absolute Gasteiger partial charge is 0.306 e. The van der Waals surface area contributed by atoms with E-state index in [0.29, 0.717) is 19.3 Å². The maximum absolute atomic E-state index is 12.9. The van der Waals surface area contributed by atoms with Crippen molar-refractivity contribution in [3.63, 3.8) is 0 Å². The average Bonchev–Trinajstić information content (AvgIpc) is 3.44. The Kier molecular flexibility index (Phi) is 65.6. The number of esters is 3. The molecule has 0 aliphatic carbocycles. The molecule has 0 bridgehead atoms. The van der Waals surface area contributed by atoms with Gasteiger partial charge in [0.15, 0.2) is 6.10 Å². The first-order valence-corrected chi connectivity index (χ1v) is 35.3. The van der Waals surface area contributed by atoms with Crippen molar-refractivity contribution in [3.05, 3.63) is 24.3 Å². The third-order valence-electron chi connectivity index (χ3n) is 16.2. The van der Waals surface area contributed by atoms with Crippen LogP contribution in [-0.2, 0) is 28.6 Å². The van der Waals surface area contributed by atoms with Crippen molar-refractivity contribution < 1.29 is 28.6 Å². The molecule has 0 saturated carbocycles. The van der Waals surface area contributed by atoms with E-state index in [0.717, 1.165) is 64.2 Å². The summed E-state index contributed by atoms with van der Waals surface area (Å²) in [5.41, 5.74) is 0. The van der Waals surface area contributed by atoms with Gasteiger partial charge in [0.05, 0.1) is 0 Å². The summed E-state index contributed by atoms with van der Waals surface area (Å²) in [4.78, 5) is 38.4. The number of hydrogen-bond donors (Lipinski definition) is 0. The first-order valence-electron chi connectivity index (χ1n) is 35.3. The highest BCUT2D eigenvalue weighted by Gasteiger charge is 2.19. The average molecular weight is 1100 g/mol. The number of carbonyl (C=O) groups excluding carboxylic acids is 3. The van der Waals surface area contributed by atoms with E-state index < -0.39 is 6.10 Å². The summed E-state index contributed by atoms with van der Waals surface area (Å²) in [7, 11) is 0. The number of carbonyl (C=O) groups is 3. The van der Waals surface area contributed by atoms with Gasteiger partial charge in [-0.3, -0.25) is 14.4 Å². The minimum atomic E-state index is -0.771. The molecule has 0 fully saturated rings. The van der Waals surface area contributed by atoms with Gasteiger partial charge in [-0.2, -0.15) is 0 Å². The third-order valence-corrected chi connectivity index (χ3v) is 16.2. The molecule has 0 aliphatic heterocycles. The fraction of sp³-hybridized carbons (Fsp3) is 0.903. The van der Waals surface area contributed by atoms with Crippen molar-refractivity contribution in [2.45, 2.75) is 406 Å². The molecule has 0 aromatic heterocycles. The molecule has 0 spiro atoms. The molecule has 460 valence electrons. The first kappa shape index (κ1) is 75.9. The van der Waals surface area contributed by atoms with Crippen molar-refractivity contribution in [1.82, 2.24) is 0 Å². The third kappa shape index (κ3) is 64.7. The molecular weight excluding hydrogens is 961 g/mol. The lowest BCUT2D eigenvalue weighted by atomic mass is 10.0. The number of hydrogen-bond acceptors (Lipinski definition) is 6. The van der Waals surface area contributed by atoms with E-state index in [9.17, 15) is 14.4 Å². The van der Waals surface area contributed by atoms with E-state index in [1.165, 1.54) is 295 Å². The SMILES string of the molecule is CCCCC/C=C\CCCCCCCC(=O)OCC(COC(=O)CCCCCCCCCCCCCCCCCCC/C=C\CCCCCCCCCC)OC(=O)CCCCCCCCCCCCCCCCCCCCC. The van der Waals surface area contributed by atoms with E-state index >= 15 is 0 Å². The minimum absolute atomic E-state index is 0.0676. The summed E-state index contributed by atoms with van der Waals surface area (Å²) < 4.78 is 17.0. The fourth-order valence-electron chi connectivity index (χ4n) is 10.8. The molecule has 0 rings (SSSR count). The van der Waals surface area contributed by atoms with Gasteiger partial charge in [0, 0.05) is 19.3 Å². The summed E-state index contributed by atoms with van der Waals surface area (Å²) in [5.74, 6) is -0.846. The van der Waals surface area contributed by atoms with Crippen LogP contribution in [0.4, 0.5) is 0 Å². The van der Waals surface area contributed by atoms with Crippen molar-refractivity contribution in [1.29, 1.82) is 0 Å². The number of ether oxygens (including phenoxy) is 3. The second-order valence-corrected chi connectivity index (χ2v) is 24.1. The Bertz CT molecular complexity index is 1260. The van der Waals surface area contributed by atoms with Crippen LogP contribution in [-0.4, -0.2) is 37.2 Å². The lowest BCUT2D eigenvalue weighted by Gasteiger charge is -2.18. The van der Waals surface area contributed by atoms with E-state index in [-0.39, 0.29) is 31.1 Å². The maximum atomic E-state index is 12.9. The zero-order valence-corrected chi connectivity index (χ0v) is 53.0. The van der Waals surface area contributed by atoms with Crippen molar-refractivity contribution in [2.24, 2.45) is 0 Å². The van der Waals surface area contributed by atoms with Crippen LogP contribution < -0.4 is 0 Å². The van der Waals surface area contributed by atoms with Gasteiger partial charge in [-0.1, -0.05) is 334 Å². The summed E-state index contributed by atoms with van der Waals surface area (Å²) in [6.45, 7) is 6.69. The topological polar surface area (TPSA) is 78.9 Å². The summed E-state index contributed by atoms with van der Waals surface area (Å²) in [5, 5.41) is 0. The molecule has 0 saturated heterocycles. The predicted octanol–water partition coefficient (Wildman–Crippen LogP) is 24.2. The summed E-state index contributed by atoms with van der Waals surface area (Å²) in [6.07, 6.45) is 82.2. The standard InChI is InChI=1S/C72H136O6/c1-4-7-10-13-16-19-22-25-27-29-31-32-33-34-35-36-37-38-39-40-42-43-45-47-50-53-56-59-62-65-71(74)77-68-69(67-76-70(73)64-61-58-55-52-49-24-21-18-15-12-9-6-3)78-72(75)66-63-60-57-54-51-48-46-44-41-30-28-26-23-20-17-14-11-8-5-2/h18,21,29,31,69H,4-17,19-20,22-28,30,32-68H2,1-3H3/b21-18-,31-29-. The molecule has 78 heavy (non-hydrogen) atoms. The lowest BCUT2D eigenvalue weighted by Crippen LogP contribution is -2.30. The molecule has 0 aromatic rings. The highest BCUT2D eigenvalue weighted by atomic mass is 16.6. The quantitative estimate of drug-likeness (QED) is 0.0261. The molecular formula is C72H136O6. The number of allylic oxidation sites excluding steroid dienone is 4. The predicted molar refractivity (Wildman–Crippen MR) is 340 cm³/mol. The van der Waals surface area contributed by atoms with Gasteiger partial charge in [-0.15, -0.1) is 0 Å². The first-order chi connectivity index (χ1) is 38.5. The molecule has 0 N–H and O–H groups in total. The molecule has 1 atom stereocenters. The zero-order chi connectivity index (χ0) is 56.4. The largest absolute Gasteiger partial charge is 0.462 e. The van der Waals surface area contributed by atoms with Crippen molar-refractivity contribution in [2.75, 3.05) is 13.2 Å². The molecule has 0 amide bonds. The molecule has 0 aliphatic rings. The highest BCUT2D eigenvalue weighted by Crippen LogP contribution is 2.19. The van der Waals surface area contributed by atoms with Gasteiger partial charge in [-0.25, -0.2) is 0 Å². The zero-order valence-electron chi connectivity index (χ0n) is 53.0. The molecule has 0 heterocycles. The van der Waals surface area contributed by atoms with E-state index in [2.05, 4.69) is 45.1 Å². The molecule has 6 heteroatoms. The van der Waals surface area contributed by atoms with E-state index in [1.54, 1.807) is 0 Å². The minimum Gasteiger partial charge on any atom is -0.462 e.